The number of amides is 2. The van der Waals surface area contributed by atoms with Crippen molar-refractivity contribution in [1.82, 2.24) is 5.32 Å². The molecule has 9 heteroatoms. The first-order valence-electron chi connectivity index (χ1n) is 9.65. The summed E-state index contributed by atoms with van der Waals surface area (Å²) >= 11 is 0. The summed E-state index contributed by atoms with van der Waals surface area (Å²) in [6.07, 6.45) is -3.14. The predicted molar refractivity (Wildman–Crippen MR) is 105 cm³/mol. The highest BCUT2D eigenvalue weighted by molar-refractivity contribution is 5.99. The van der Waals surface area contributed by atoms with Crippen molar-refractivity contribution in [3.05, 3.63) is 23.8 Å². The predicted octanol–water partition coefficient (Wildman–Crippen LogP) is 4.77. The molecule has 1 atom stereocenters. The number of para-hydroxylation sites is 1. The molecule has 162 valence electrons. The fourth-order valence-electron chi connectivity index (χ4n) is 2.67. The number of anilines is 2. The lowest BCUT2D eigenvalue weighted by Gasteiger charge is -2.23. The average molecular weight is 415 g/mol. The Bertz CT molecular complexity index is 741. The van der Waals surface area contributed by atoms with Gasteiger partial charge in [0.05, 0.1) is 16.9 Å². The topological polar surface area (TPSA) is 79.5 Å². The second-order valence-electron chi connectivity index (χ2n) is 8.15. The maximum atomic E-state index is 13.4. The number of hydrogen-bond donors (Lipinski definition) is 3. The number of halogens is 3. The van der Waals surface area contributed by atoms with Gasteiger partial charge in [-0.2, -0.15) is 13.2 Å². The van der Waals surface area contributed by atoms with Crippen molar-refractivity contribution in [2.75, 3.05) is 17.2 Å². The van der Waals surface area contributed by atoms with Crippen LogP contribution in [-0.2, 0) is 15.7 Å². The molecule has 1 aromatic carbocycles. The minimum Gasteiger partial charge on any atom is -0.444 e. The molecule has 6 nitrogen and oxygen atoms in total. The highest BCUT2D eigenvalue weighted by Gasteiger charge is 2.35. The van der Waals surface area contributed by atoms with Crippen LogP contribution in [0.5, 0.6) is 0 Å². The summed E-state index contributed by atoms with van der Waals surface area (Å²) in [6, 6.07) is 2.67. The van der Waals surface area contributed by atoms with Crippen LogP contribution in [0.25, 0.3) is 0 Å². The lowest BCUT2D eigenvalue weighted by Crippen LogP contribution is -2.45. The van der Waals surface area contributed by atoms with E-state index in [-0.39, 0.29) is 17.8 Å². The number of nitrogens with one attached hydrogen (secondary N) is 3. The molecule has 1 saturated carbocycles. The monoisotopic (exact) mass is 415 g/mol. The minimum atomic E-state index is -4.56. The van der Waals surface area contributed by atoms with Crippen molar-refractivity contribution < 1.29 is 27.5 Å². The molecule has 2 amide bonds. The van der Waals surface area contributed by atoms with E-state index >= 15 is 0 Å². The minimum absolute atomic E-state index is 0.0231. The Morgan fingerprint density at radius 3 is 2.38 bits per heavy atom. The van der Waals surface area contributed by atoms with E-state index < -0.39 is 35.4 Å². The van der Waals surface area contributed by atoms with E-state index in [1.54, 1.807) is 27.7 Å². The fourth-order valence-corrected chi connectivity index (χ4v) is 2.67. The van der Waals surface area contributed by atoms with Crippen LogP contribution in [0.2, 0.25) is 0 Å². The van der Waals surface area contributed by atoms with Gasteiger partial charge in [0.15, 0.2) is 0 Å². The zero-order valence-corrected chi connectivity index (χ0v) is 17.1. The van der Waals surface area contributed by atoms with Gasteiger partial charge in [0.25, 0.3) is 0 Å². The summed E-state index contributed by atoms with van der Waals surface area (Å²) in [6.45, 7) is 7.15. The molecule has 1 aromatic rings. The lowest BCUT2D eigenvalue weighted by molar-refractivity contribution is -0.137. The van der Waals surface area contributed by atoms with E-state index in [0.29, 0.717) is 12.5 Å². The molecule has 0 radical (unpaired) electrons. The van der Waals surface area contributed by atoms with Crippen molar-refractivity contribution in [1.29, 1.82) is 0 Å². The molecule has 0 bridgehead atoms. The Morgan fingerprint density at radius 1 is 1.21 bits per heavy atom. The standard InChI is InChI=1S/C20H28F3N3O3/c1-5-14(26-18(28)29-19(2,3)4)17(27)25-15-8-6-7-13(20(21,22)23)16(15)24-11-12-9-10-12/h6-8,12,14,24H,5,9-11H2,1-4H3,(H,25,27)(H,26,28)/t14-/m0/s1. The van der Waals surface area contributed by atoms with E-state index in [2.05, 4.69) is 16.0 Å². The third kappa shape index (κ3) is 7.14. The van der Waals surface area contributed by atoms with E-state index in [1.165, 1.54) is 12.1 Å². The molecule has 0 heterocycles. The number of alkyl halides is 3. The molecule has 1 aliphatic carbocycles. The number of hydrogen-bond acceptors (Lipinski definition) is 4. The highest BCUT2D eigenvalue weighted by atomic mass is 19.4. The van der Waals surface area contributed by atoms with Crippen molar-refractivity contribution in [3.8, 4) is 0 Å². The quantitative estimate of drug-likeness (QED) is 0.599. The van der Waals surface area contributed by atoms with Gasteiger partial charge in [-0.25, -0.2) is 4.79 Å². The van der Waals surface area contributed by atoms with Gasteiger partial charge in [-0.1, -0.05) is 13.0 Å². The molecule has 3 N–H and O–H groups in total. The van der Waals surface area contributed by atoms with E-state index in [4.69, 9.17) is 4.74 Å². The van der Waals surface area contributed by atoms with E-state index in [0.717, 1.165) is 18.9 Å². The summed E-state index contributed by atoms with van der Waals surface area (Å²) < 4.78 is 45.4. The molecule has 0 aromatic heterocycles. The average Bonchev–Trinajstić information content (AvgIpc) is 3.40. The van der Waals surface area contributed by atoms with Crippen LogP contribution in [0.4, 0.5) is 29.3 Å². The van der Waals surface area contributed by atoms with Gasteiger partial charge in [-0.15, -0.1) is 0 Å². The Morgan fingerprint density at radius 2 is 1.86 bits per heavy atom. The summed E-state index contributed by atoms with van der Waals surface area (Å²) in [4.78, 5) is 24.6. The summed E-state index contributed by atoms with van der Waals surface area (Å²) in [5.41, 5.74) is -1.72. The van der Waals surface area contributed by atoms with Gasteiger partial charge in [-0.05, 0) is 58.1 Å². The molecule has 0 saturated heterocycles. The molecule has 29 heavy (non-hydrogen) atoms. The lowest BCUT2D eigenvalue weighted by atomic mass is 10.1. The van der Waals surface area contributed by atoms with Crippen LogP contribution < -0.4 is 16.0 Å². The van der Waals surface area contributed by atoms with Gasteiger partial charge in [0.2, 0.25) is 5.91 Å². The summed E-state index contributed by atoms with van der Waals surface area (Å²) in [7, 11) is 0. The zero-order chi connectivity index (χ0) is 21.8. The maximum Gasteiger partial charge on any atom is 0.418 e. The largest absolute Gasteiger partial charge is 0.444 e. The van der Waals surface area contributed by atoms with Crippen LogP contribution in [0, 0.1) is 5.92 Å². The molecule has 0 spiro atoms. The number of carbonyl (C=O) groups excluding carboxylic acids is 2. The third-order valence-electron chi connectivity index (χ3n) is 4.31. The molecule has 1 aliphatic rings. The number of benzene rings is 1. The van der Waals surface area contributed by atoms with Gasteiger partial charge < -0.3 is 20.7 Å². The molecule has 2 rings (SSSR count). The summed E-state index contributed by atoms with van der Waals surface area (Å²) in [5.74, 6) is -0.274. The van der Waals surface area contributed by atoms with Crippen LogP contribution in [-0.4, -0.2) is 30.2 Å². The molecular formula is C20H28F3N3O3. The SMILES string of the molecule is CC[C@H](NC(=O)OC(C)(C)C)C(=O)Nc1cccc(C(F)(F)F)c1NCC1CC1. The number of carbonyl (C=O) groups is 2. The van der Waals surface area contributed by atoms with Gasteiger partial charge in [0.1, 0.15) is 11.6 Å². The second-order valence-corrected chi connectivity index (χ2v) is 8.15. The van der Waals surface area contributed by atoms with Gasteiger partial charge >= 0.3 is 12.3 Å². The van der Waals surface area contributed by atoms with E-state index in [1.807, 2.05) is 0 Å². The first kappa shape index (κ1) is 22.8. The first-order chi connectivity index (χ1) is 13.4. The normalized spacial score (nSPS) is 15.4. The smallest absolute Gasteiger partial charge is 0.418 e. The van der Waals surface area contributed by atoms with Crippen molar-refractivity contribution in [2.45, 2.75) is 64.8 Å². The fraction of sp³-hybridized carbons (Fsp3) is 0.600. The first-order valence-corrected chi connectivity index (χ1v) is 9.65. The second kappa shape index (κ2) is 8.92. The van der Waals surface area contributed by atoms with E-state index in [9.17, 15) is 22.8 Å². The number of alkyl carbamates (subject to hydrolysis) is 1. The number of ether oxygens (including phenoxy) is 1. The van der Waals surface area contributed by atoms with Crippen molar-refractivity contribution in [3.63, 3.8) is 0 Å². The Kier molecular flexibility index (Phi) is 7.02. The molecular weight excluding hydrogens is 387 g/mol. The van der Waals surface area contributed by atoms with Gasteiger partial charge in [-0.3, -0.25) is 4.79 Å². The summed E-state index contributed by atoms with van der Waals surface area (Å²) in [5, 5.41) is 7.80. The van der Waals surface area contributed by atoms with Crippen LogP contribution in [0.15, 0.2) is 18.2 Å². The highest BCUT2D eigenvalue weighted by Crippen LogP contribution is 2.40. The molecule has 0 unspecified atom stereocenters. The van der Waals surface area contributed by atoms with Crippen LogP contribution in [0.1, 0.15) is 52.5 Å². The zero-order valence-electron chi connectivity index (χ0n) is 17.1. The number of rotatable bonds is 7. The van der Waals surface area contributed by atoms with Crippen molar-refractivity contribution >= 4 is 23.4 Å². The Labute approximate surface area is 168 Å². The van der Waals surface area contributed by atoms with Gasteiger partial charge in [0, 0.05) is 6.54 Å². The van der Waals surface area contributed by atoms with Crippen molar-refractivity contribution in [2.24, 2.45) is 5.92 Å². The molecule has 1 fully saturated rings. The molecule has 0 aliphatic heterocycles. The van der Waals surface area contributed by atoms with Crippen LogP contribution >= 0.6 is 0 Å². The Hall–Kier alpha value is -2.45. The Balaban J connectivity index is 2.17. The van der Waals surface area contributed by atoms with Crippen LogP contribution in [0.3, 0.4) is 0 Å². The third-order valence-corrected chi connectivity index (χ3v) is 4.31. The maximum absolute atomic E-state index is 13.4.